The number of amides is 2. The third-order valence-corrected chi connectivity index (χ3v) is 4.67. The van der Waals surface area contributed by atoms with E-state index in [-0.39, 0.29) is 41.7 Å². The lowest BCUT2D eigenvalue weighted by atomic mass is 10.1. The van der Waals surface area contributed by atoms with Crippen LogP contribution in [0.1, 0.15) is 47.3 Å². The van der Waals surface area contributed by atoms with Gasteiger partial charge < -0.3 is 25.5 Å². The number of allylic oxidation sites excluding steroid dienone is 2. The number of nitrogens with two attached hydrogens (primary N) is 1. The Morgan fingerprint density at radius 2 is 2.09 bits per heavy atom. The number of primary amides is 1. The fraction of sp³-hybridized carbons (Fsp3) is 0.360. The number of benzene rings is 1. The molecule has 0 spiro atoms. The molecule has 0 aliphatic carbocycles. The van der Waals surface area contributed by atoms with Gasteiger partial charge in [0.05, 0.1) is 17.7 Å². The summed E-state index contributed by atoms with van der Waals surface area (Å²) in [7, 11) is 3.19. The van der Waals surface area contributed by atoms with E-state index in [0.717, 1.165) is 6.07 Å². The molecule has 0 bridgehead atoms. The summed E-state index contributed by atoms with van der Waals surface area (Å²) < 4.78 is 21.4. The number of hydrogen-bond acceptors (Lipinski definition) is 6. The van der Waals surface area contributed by atoms with Gasteiger partial charge in [0.2, 0.25) is 0 Å². The Morgan fingerprint density at radius 1 is 1.37 bits per heavy atom. The molecule has 1 aliphatic heterocycles. The minimum Gasteiger partial charge on any atom is -0.491 e. The molecule has 0 saturated heterocycles. The average molecular weight is 484 g/mol. The second kappa shape index (κ2) is 12.5. The van der Waals surface area contributed by atoms with E-state index in [0.29, 0.717) is 11.5 Å². The van der Waals surface area contributed by atoms with Gasteiger partial charge in [0.25, 0.3) is 11.8 Å². The van der Waals surface area contributed by atoms with Crippen LogP contribution in [0.4, 0.5) is 4.39 Å². The van der Waals surface area contributed by atoms with Gasteiger partial charge in [-0.1, -0.05) is 31.8 Å². The monoisotopic (exact) mass is 483 g/mol. The minimum atomic E-state index is -0.928. The SMILES string of the molecule is CN=C/C=C\C(C)C.CNC(=O)c1c(C(N)=O)nc2n1CCOc1cc(F)c(C#C[C@@H](C)O)cc1-2. The van der Waals surface area contributed by atoms with Crippen molar-refractivity contribution < 1.29 is 23.8 Å². The molecule has 0 radical (unpaired) electrons. The van der Waals surface area contributed by atoms with E-state index in [1.807, 2.05) is 6.08 Å². The Labute approximate surface area is 203 Å². The fourth-order valence-electron chi connectivity index (χ4n) is 3.13. The number of aromatic nitrogens is 2. The lowest BCUT2D eigenvalue weighted by Crippen LogP contribution is -2.26. The predicted molar refractivity (Wildman–Crippen MR) is 132 cm³/mol. The van der Waals surface area contributed by atoms with Gasteiger partial charge in [-0.15, -0.1) is 0 Å². The molecule has 0 unspecified atom stereocenters. The first kappa shape index (κ1) is 27.3. The summed E-state index contributed by atoms with van der Waals surface area (Å²) in [6.45, 7) is 6.08. The highest BCUT2D eigenvalue weighted by molar-refractivity contribution is 6.05. The zero-order valence-electron chi connectivity index (χ0n) is 20.4. The van der Waals surface area contributed by atoms with Crippen molar-refractivity contribution in [2.75, 3.05) is 20.7 Å². The number of nitrogens with one attached hydrogen (secondary N) is 1. The van der Waals surface area contributed by atoms with Crippen LogP contribution in [0.2, 0.25) is 0 Å². The first-order valence-corrected chi connectivity index (χ1v) is 11.0. The van der Waals surface area contributed by atoms with E-state index in [9.17, 15) is 19.1 Å². The zero-order chi connectivity index (χ0) is 26.1. The highest BCUT2D eigenvalue weighted by atomic mass is 19.1. The fourth-order valence-corrected chi connectivity index (χ4v) is 3.13. The maximum Gasteiger partial charge on any atom is 0.270 e. The molecule has 0 fully saturated rings. The molecule has 0 saturated carbocycles. The number of aliphatic imine (C=N–C) groups is 1. The van der Waals surface area contributed by atoms with Gasteiger partial charge in [-0.3, -0.25) is 14.6 Å². The van der Waals surface area contributed by atoms with E-state index in [4.69, 9.17) is 10.5 Å². The Hall–Kier alpha value is -3.97. The molecule has 3 rings (SSSR count). The largest absolute Gasteiger partial charge is 0.491 e. The van der Waals surface area contributed by atoms with Crippen molar-refractivity contribution in [3.8, 4) is 29.0 Å². The summed E-state index contributed by atoms with van der Waals surface area (Å²) >= 11 is 0. The standard InChI is InChI=1S/C18H17FN4O4.C7H13N/c1-9(24)3-4-10-7-11-13(8-12(10)19)27-6-5-23-15(18(26)21-2)14(16(20)25)22-17(11)23;1-7(2)5-4-6-8-3/h7-9,24H,5-6H2,1-2H3,(H2,20,25)(H,21,26);4-7H,1-3H3/b;5-4-,8-6?/t9-;/m1./s1. The first-order valence-electron chi connectivity index (χ1n) is 11.0. The molecule has 1 aliphatic rings. The average Bonchev–Trinajstić information content (AvgIpc) is 3.09. The summed E-state index contributed by atoms with van der Waals surface area (Å²) in [5.74, 6) is 4.11. The number of fused-ring (bicyclic) bond motifs is 3. The number of hydrogen-bond donors (Lipinski definition) is 3. The number of carbonyl (C=O) groups is 2. The summed E-state index contributed by atoms with van der Waals surface area (Å²) in [5.41, 5.74) is 5.59. The Balaban J connectivity index is 0.000000466. The van der Waals surface area contributed by atoms with E-state index in [1.54, 1.807) is 13.3 Å². The van der Waals surface area contributed by atoms with Gasteiger partial charge in [0, 0.05) is 26.4 Å². The van der Waals surface area contributed by atoms with Gasteiger partial charge in [0.1, 0.15) is 35.8 Å². The Kier molecular flexibility index (Phi) is 9.73. The minimum absolute atomic E-state index is 0.0115. The van der Waals surface area contributed by atoms with Crippen LogP contribution in [0.5, 0.6) is 5.75 Å². The molecule has 1 aromatic heterocycles. The normalized spacial score (nSPS) is 13.0. The molecule has 1 atom stereocenters. The topological polar surface area (TPSA) is 132 Å². The van der Waals surface area contributed by atoms with Crippen molar-refractivity contribution in [2.45, 2.75) is 33.4 Å². The number of carbonyl (C=O) groups excluding carboxylic acids is 2. The number of halogens is 1. The summed E-state index contributed by atoms with van der Waals surface area (Å²) in [6.07, 6.45) is 4.93. The van der Waals surface area contributed by atoms with Crippen LogP contribution < -0.4 is 15.8 Å². The Bertz CT molecular complexity index is 1200. The zero-order valence-corrected chi connectivity index (χ0v) is 20.4. The molecular formula is C25H30FN5O4. The summed E-state index contributed by atoms with van der Waals surface area (Å²) in [6, 6.07) is 2.57. The van der Waals surface area contributed by atoms with Crippen LogP contribution in [0, 0.1) is 23.6 Å². The van der Waals surface area contributed by atoms with E-state index < -0.39 is 23.7 Å². The number of aliphatic hydroxyl groups is 1. The van der Waals surface area contributed by atoms with E-state index >= 15 is 0 Å². The molecule has 186 valence electrons. The second-order valence-electron chi connectivity index (χ2n) is 7.89. The second-order valence-corrected chi connectivity index (χ2v) is 7.89. The van der Waals surface area contributed by atoms with Crippen LogP contribution >= 0.6 is 0 Å². The first-order chi connectivity index (χ1) is 16.6. The number of nitrogens with zero attached hydrogens (tertiary/aromatic N) is 3. The maximum absolute atomic E-state index is 14.3. The highest BCUT2D eigenvalue weighted by Crippen LogP contribution is 2.35. The van der Waals surface area contributed by atoms with E-state index in [1.165, 1.54) is 24.6 Å². The van der Waals surface area contributed by atoms with Crippen LogP contribution in [0.15, 0.2) is 29.3 Å². The van der Waals surface area contributed by atoms with Crippen LogP contribution in [0.25, 0.3) is 11.4 Å². The van der Waals surface area contributed by atoms with Crippen molar-refractivity contribution in [1.82, 2.24) is 14.9 Å². The van der Waals surface area contributed by atoms with Gasteiger partial charge in [0.15, 0.2) is 5.69 Å². The third kappa shape index (κ3) is 7.01. The smallest absolute Gasteiger partial charge is 0.270 e. The highest BCUT2D eigenvalue weighted by Gasteiger charge is 2.29. The molecule has 35 heavy (non-hydrogen) atoms. The molecule has 10 heteroatoms. The molecule has 2 amide bonds. The quantitative estimate of drug-likeness (QED) is 0.453. The molecule has 2 aromatic rings. The summed E-state index contributed by atoms with van der Waals surface area (Å²) in [5, 5.41) is 11.8. The molecular weight excluding hydrogens is 453 g/mol. The van der Waals surface area contributed by atoms with Crippen molar-refractivity contribution in [2.24, 2.45) is 16.6 Å². The van der Waals surface area contributed by atoms with Crippen molar-refractivity contribution >= 4 is 18.0 Å². The number of rotatable bonds is 4. The van der Waals surface area contributed by atoms with Crippen molar-refractivity contribution in [1.29, 1.82) is 0 Å². The van der Waals surface area contributed by atoms with Gasteiger partial charge in [-0.25, -0.2) is 9.37 Å². The van der Waals surface area contributed by atoms with Gasteiger partial charge in [-0.2, -0.15) is 0 Å². The Morgan fingerprint density at radius 3 is 2.66 bits per heavy atom. The van der Waals surface area contributed by atoms with E-state index in [2.05, 4.69) is 47.1 Å². The van der Waals surface area contributed by atoms with Gasteiger partial charge in [-0.05, 0) is 25.0 Å². The molecule has 1 aromatic carbocycles. The molecule has 9 nitrogen and oxygen atoms in total. The van der Waals surface area contributed by atoms with Crippen molar-refractivity contribution in [3.05, 3.63) is 47.1 Å². The van der Waals surface area contributed by atoms with Crippen LogP contribution in [-0.2, 0) is 6.54 Å². The van der Waals surface area contributed by atoms with Crippen LogP contribution in [-0.4, -0.2) is 59.5 Å². The number of imidazole rings is 1. The van der Waals surface area contributed by atoms with Crippen LogP contribution in [0.3, 0.4) is 0 Å². The summed E-state index contributed by atoms with van der Waals surface area (Å²) in [4.78, 5) is 32.1. The predicted octanol–water partition coefficient (Wildman–Crippen LogP) is 2.17. The number of ether oxygens (including phenoxy) is 1. The third-order valence-electron chi connectivity index (χ3n) is 4.67. The maximum atomic E-state index is 14.3. The number of aliphatic hydroxyl groups excluding tert-OH is 1. The lowest BCUT2D eigenvalue weighted by Gasteiger charge is -2.08. The van der Waals surface area contributed by atoms with Crippen molar-refractivity contribution in [3.63, 3.8) is 0 Å². The van der Waals surface area contributed by atoms with Gasteiger partial charge >= 0.3 is 0 Å². The molecule has 2 heterocycles. The lowest BCUT2D eigenvalue weighted by molar-refractivity contribution is 0.0933. The molecule has 4 N–H and O–H groups in total.